The van der Waals surface area contributed by atoms with Crippen LogP contribution in [0, 0.1) is 0 Å². The zero-order chi connectivity index (χ0) is 14.7. The maximum absolute atomic E-state index is 3.19. The summed E-state index contributed by atoms with van der Waals surface area (Å²) >= 11 is 0. The molecule has 0 saturated carbocycles. The number of hydrogen-bond acceptors (Lipinski definition) is 2. The van der Waals surface area contributed by atoms with Crippen molar-refractivity contribution in [2.24, 2.45) is 0 Å². The molecule has 2 aromatic rings. The summed E-state index contributed by atoms with van der Waals surface area (Å²) in [6.45, 7) is 4.27. The Morgan fingerprint density at radius 3 is 2.52 bits per heavy atom. The van der Waals surface area contributed by atoms with Crippen LogP contribution >= 0.6 is 0 Å². The average molecular weight is 280 g/mol. The van der Waals surface area contributed by atoms with Gasteiger partial charge in [-0.25, -0.2) is 0 Å². The van der Waals surface area contributed by atoms with Gasteiger partial charge in [-0.1, -0.05) is 42.5 Å². The van der Waals surface area contributed by atoms with Crippen molar-refractivity contribution in [1.82, 2.24) is 5.32 Å². The Bertz CT molecular complexity index is 589. The number of hydrogen-bond donors (Lipinski definition) is 1. The molecule has 0 saturated heterocycles. The van der Waals surface area contributed by atoms with Crippen LogP contribution < -0.4 is 10.2 Å². The molecule has 1 unspecified atom stereocenters. The van der Waals surface area contributed by atoms with E-state index in [1.54, 1.807) is 0 Å². The van der Waals surface area contributed by atoms with E-state index in [-0.39, 0.29) is 0 Å². The summed E-state index contributed by atoms with van der Waals surface area (Å²) in [5.41, 5.74) is 5.63. The fourth-order valence-corrected chi connectivity index (χ4v) is 3.16. The Balaban J connectivity index is 1.80. The topological polar surface area (TPSA) is 15.3 Å². The van der Waals surface area contributed by atoms with Gasteiger partial charge in [0.15, 0.2) is 0 Å². The Labute approximate surface area is 127 Å². The minimum absolute atomic E-state index is 0.608. The van der Waals surface area contributed by atoms with Crippen molar-refractivity contribution in [2.45, 2.75) is 38.9 Å². The monoisotopic (exact) mass is 280 g/mol. The van der Waals surface area contributed by atoms with Crippen LogP contribution in [0.5, 0.6) is 0 Å². The van der Waals surface area contributed by atoms with E-state index in [4.69, 9.17) is 0 Å². The molecule has 0 aromatic heterocycles. The van der Waals surface area contributed by atoms with Crippen LogP contribution in [-0.4, -0.2) is 13.1 Å². The molecule has 0 radical (unpaired) electrons. The van der Waals surface area contributed by atoms with Crippen molar-refractivity contribution < 1.29 is 0 Å². The zero-order valence-electron chi connectivity index (χ0n) is 13.0. The third-order valence-corrected chi connectivity index (χ3v) is 4.42. The van der Waals surface area contributed by atoms with Crippen molar-refractivity contribution in [3.8, 4) is 0 Å². The maximum atomic E-state index is 3.19. The van der Waals surface area contributed by atoms with E-state index in [9.17, 15) is 0 Å². The Morgan fingerprint density at radius 1 is 1.05 bits per heavy atom. The van der Waals surface area contributed by atoms with E-state index in [2.05, 4.69) is 65.7 Å². The van der Waals surface area contributed by atoms with Gasteiger partial charge in [0.05, 0.1) is 0 Å². The van der Waals surface area contributed by atoms with Crippen LogP contribution in [0.25, 0.3) is 0 Å². The van der Waals surface area contributed by atoms with Crippen LogP contribution in [0.2, 0.25) is 0 Å². The number of rotatable bonds is 4. The predicted octanol–water partition coefficient (Wildman–Crippen LogP) is 3.75. The lowest BCUT2D eigenvalue weighted by Gasteiger charge is -2.37. The average Bonchev–Trinajstić information content (AvgIpc) is 2.52. The highest BCUT2D eigenvalue weighted by Gasteiger charge is 2.22. The number of anilines is 1. The van der Waals surface area contributed by atoms with Crippen molar-refractivity contribution in [2.75, 3.05) is 11.9 Å². The van der Waals surface area contributed by atoms with Crippen LogP contribution in [0.3, 0.4) is 0 Å². The fourth-order valence-electron chi connectivity index (χ4n) is 3.16. The third kappa shape index (κ3) is 3.11. The number of aryl methyl sites for hydroxylation is 1. The molecule has 110 valence electrons. The van der Waals surface area contributed by atoms with Gasteiger partial charge in [0, 0.05) is 24.8 Å². The minimum atomic E-state index is 0.608. The molecular formula is C19H24N2. The SMILES string of the molecule is CNCc1ccc(CN2c3ccccc3CCC2C)cc1. The standard InChI is InChI=1S/C19H24N2/c1-15-7-12-18-5-3-4-6-19(18)21(15)14-17-10-8-16(9-11-17)13-20-2/h3-6,8-11,15,20H,7,12-14H2,1-2H3. The van der Waals surface area contributed by atoms with Gasteiger partial charge in [-0.05, 0) is 49.6 Å². The summed E-state index contributed by atoms with van der Waals surface area (Å²) < 4.78 is 0. The first-order chi connectivity index (χ1) is 10.3. The second kappa shape index (κ2) is 6.31. The Hall–Kier alpha value is -1.80. The molecule has 1 atom stereocenters. The largest absolute Gasteiger partial charge is 0.364 e. The molecule has 0 aliphatic carbocycles. The van der Waals surface area contributed by atoms with Gasteiger partial charge in [0.1, 0.15) is 0 Å². The fraction of sp³-hybridized carbons (Fsp3) is 0.368. The van der Waals surface area contributed by atoms with Crippen LogP contribution in [0.1, 0.15) is 30.0 Å². The van der Waals surface area contributed by atoms with Gasteiger partial charge >= 0.3 is 0 Å². The molecule has 1 aliphatic rings. The second-order valence-electron chi connectivity index (χ2n) is 5.99. The molecule has 1 N–H and O–H groups in total. The molecule has 2 aromatic carbocycles. The van der Waals surface area contributed by atoms with E-state index in [0.717, 1.165) is 13.1 Å². The van der Waals surface area contributed by atoms with Crippen LogP contribution in [-0.2, 0) is 19.5 Å². The van der Waals surface area contributed by atoms with Gasteiger partial charge in [0.2, 0.25) is 0 Å². The lowest BCUT2D eigenvalue weighted by Crippen LogP contribution is -2.36. The van der Waals surface area contributed by atoms with Gasteiger partial charge in [-0.2, -0.15) is 0 Å². The molecule has 0 bridgehead atoms. The van der Waals surface area contributed by atoms with E-state index in [0.29, 0.717) is 6.04 Å². The van der Waals surface area contributed by atoms with Crippen molar-refractivity contribution in [3.63, 3.8) is 0 Å². The first kappa shape index (κ1) is 14.2. The molecular weight excluding hydrogens is 256 g/mol. The highest BCUT2D eigenvalue weighted by atomic mass is 15.2. The zero-order valence-corrected chi connectivity index (χ0v) is 13.0. The molecule has 3 rings (SSSR count). The van der Waals surface area contributed by atoms with Gasteiger partial charge in [0.25, 0.3) is 0 Å². The van der Waals surface area contributed by atoms with Gasteiger partial charge in [-0.15, -0.1) is 0 Å². The van der Waals surface area contributed by atoms with Crippen LogP contribution in [0.15, 0.2) is 48.5 Å². The first-order valence-electron chi connectivity index (χ1n) is 7.85. The summed E-state index contributed by atoms with van der Waals surface area (Å²) in [5, 5.41) is 3.19. The molecule has 2 heteroatoms. The quantitative estimate of drug-likeness (QED) is 0.917. The maximum Gasteiger partial charge on any atom is 0.0432 e. The van der Waals surface area contributed by atoms with Gasteiger partial charge in [-0.3, -0.25) is 0 Å². The van der Waals surface area contributed by atoms with Crippen LogP contribution in [0.4, 0.5) is 5.69 Å². The lowest BCUT2D eigenvalue weighted by molar-refractivity contribution is 0.560. The van der Waals surface area contributed by atoms with Crippen molar-refractivity contribution in [1.29, 1.82) is 0 Å². The molecule has 1 aliphatic heterocycles. The normalized spacial score (nSPS) is 17.6. The minimum Gasteiger partial charge on any atom is -0.364 e. The highest BCUT2D eigenvalue weighted by Crippen LogP contribution is 2.31. The molecule has 21 heavy (non-hydrogen) atoms. The summed E-state index contributed by atoms with van der Waals surface area (Å²) in [6, 6.07) is 18.4. The van der Waals surface area contributed by atoms with E-state index in [1.165, 1.54) is 35.2 Å². The number of fused-ring (bicyclic) bond motifs is 1. The second-order valence-corrected chi connectivity index (χ2v) is 5.99. The molecule has 2 nitrogen and oxygen atoms in total. The summed E-state index contributed by atoms with van der Waals surface area (Å²) in [5.74, 6) is 0. The molecule has 0 amide bonds. The van der Waals surface area contributed by atoms with E-state index >= 15 is 0 Å². The Morgan fingerprint density at radius 2 is 1.76 bits per heavy atom. The third-order valence-electron chi connectivity index (χ3n) is 4.42. The van der Waals surface area contributed by atoms with Gasteiger partial charge < -0.3 is 10.2 Å². The lowest BCUT2D eigenvalue weighted by atomic mass is 9.96. The van der Waals surface area contributed by atoms with Crippen molar-refractivity contribution >= 4 is 5.69 Å². The predicted molar refractivity (Wildman–Crippen MR) is 89.6 cm³/mol. The number of para-hydroxylation sites is 1. The Kier molecular flexibility index (Phi) is 4.26. The molecule has 0 fully saturated rings. The van der Waals surface area contributed by atoms with E-state index in [1.807, 2.05) is 7.05 Å². The molecule has 1 heterocycles. The summed E-state index contributed by atoms with van der Waals surface area (Å²) in [4.78, 5) is 2.55. The first-order valence-corrected chi connectivity index (χ1v) is 7.85. The number of nitrogens with one attached hydrogen (secondary N) is 1. The highest BCUT2D eigenvalue weighted by molar-refractivity contribution is 5.56. The number of benzene rings is 2. The van der Waals surface area contributed by atoms with E-state index < -0.39 is 0 Å². The van der Waals surface area contributed by atoms with Crippen molar-refractivity contribution in [3.05, 3.63) is 65.2 Å². The summed E-state index contributed by atoms with van der Waals surface area (Å²) in [7, 11) is 1.99. The summed E-state index contributed by atoms with van der Waals surface area (Å²) in [6.07, 6.45) is 2.45. The molecule has 0 spiro atoms. The smallest absolute Gasteiger partial charge is 0.0432 e. The number of nitrogens with zero attached hydrogens (tertiary/aromatic N) is 1.